The number of aliphatic carboxylic acids is 1. The lowest BCUT2D eigenvalue weighted by atomic mass is 9.76. The monoisotopic (exact) mass is 283 g/mol. The normalized spacial score (nSPS) is 32.2. The van der Waals surface area contributed by atoms with Gasteiger partial charge >= 0.3 is 5.97 Å². The molecule has 1 unspecified atom stereocenters. The minimum absolute atomic E-state index is 0.106. The molecule has 5 atom stereocenters. The van der Waals surface area contributed by atoms with Crippen molar-refractivity contribution in [3.8, 4) is 0 Å². The summed E-state index contributed by atoms with van der Waals surface area (Å²) in [5, 5.41) is 29.3. The van der Waals surface area contributed by atoms with E-state index in [1.165, 1.54) is 11.8 Å². The van der Waals surface area contributed by atoms with E-state index in [0.29, 0.717) is 5.57 Å². The Balaban J connectivity index is 2.45. The van der Waals surface area contributed by atoms with Crippen LogP contribution in [0.5, 0.6) is 0 Å². The highest BCUT2D eigenvalue weighted by Gasteiger charge is 2.60. The summed E-state index contributed by atoms with van der Waals surface area (Å²) in [4.78, 5) is 24.8. The highest BCUT2D eigenvalue weighted by molar-refractivity contribution is 6.00. The van der Waals surface area contributed by atoms with Gasteiger partial charge in [-0.2, -0.15) is 0 Å². The summed E-state index contributed by atoms with van der Waals surface area (Å²) in [5.41, 5.74) is 0.291. The first kappa shape index (κ1) is 15.0. The van der Waals surface area contributed by atoms with E-state index in [2.05, 4.69) is 0 Å². The summed E-state index contributed by atoms with van der Waals surface area (Å²) in [6, 6.07) is -0.364. The van der Waals surface area contributed by atoms with Gasteiger partial charge in [0.1, 0.15) is 5.70 Å². The van der Waals surface area contributed by atoms with Crippen LogP contribution >= 0.6 is 0 Å². The lowest BCUT2D eigenvalue weighted by molar-refractivity contribution is -0.163. The van der Waals surface area contributed by atoms with E-state index in [1.807, 2.05) is 0 Å². The summed E-state index contributed by atoms with van der Waals surface area (Å²) in [7, 11) is 0. The number of carbonyl (C=O) groups is 2. The maximum absolute atomic E-state index is 12.1. The maximum atomic E-state index is 12.1. The number of nitrogens with zero attached hydrogens (tertiary/aromatic N) is 1. The highest BCUT2D eigenvalue weighted by atomic mass is 16.4. The molecule has 1 fully saturated rings. The van der Waals surface area contributed by atoms with Crippen molar-refractivity contribution in [2.24, 2.45) is 17.8 Å². The molecule has 2 aliphatic heterocycles. The first-order valence-electron chi connectivity index (χ1n) is 6.86. The number of carboxylic acids is 1. The van der Waals surface area contributed by atoms with Crippen LogP contribution in [-0.4, -0.2) is 50.3 Å². The van der Waals surface area contributed by atoms with E-state index >= 15 is 0 Å². The number of carbonyl (C=O) groups excluding carboxylic acids is 1. The third-order valence-corrected chi connectivity index (χ3v) is 4.38. The molecule has 0 aromatic heterocycles. The average molecular weight is 283 g/mol. The Morgan fingerprint density at radius 3 is 2.20 bits per heavy atom. The van der Waals surface area contributed by atoms with Gasteiger partial charge in [-0.25, -0.2) is 4.79 Å². The molecule has 0 aromatic carbocycles. The van der Waals surface area contributed by atoms with Crippen LogP contribution in [-0.2, 0) is 9.59 Å². The molecule has 2 aliphatic rings. The zero-order valence-electron chi connectivity index (χ0n) is 12.1. The van der Waals surface area contributed by atoms with Crippen LogP contribution in [0.15, 0.2) is 11.3 Å². The molecule has 0 aliphatic carbocycles. The first-order valence-corrected chi connectivity index (χ1v) is 6.86. The van der Waals surface area contributed by atoms with Crippen molar-refractivity contribution in [3.63, 3.8) is 0 Å². The minimum atomic E-state index is -1.20. The lowest BCUT2D eigenvalue weighted by Crippen LogP contribution is -2.63. The van der Waals surface area contributed by atoms with Crippen molar-refractivity contribution in [3.05, 3.63) is 11.3 Å². The molecule has 20 heavy (non-hydrogen) atoms. The molecule has 0 spiro atoms. The van der Waals surface area contributed by atoms with Gasteiger partial charge in [0.05, 0.1) is 24.2 Å². The zero-order valence-corrected chi connectivity index (χ0v) is 12.1. The smallest absolute Gasteiger partial charge is 0.352 e. The second-order valence-electron chi connectivity index (χ2n) is 6.05. The second kappa shape index (κ2) is 4.86. The number of carboxylic acid groups (broad SMARTS) is 1. The molecular weight excluding hydrogens is 262 g/mol. The van der Waals surface area contributed by atoms with Crippen LogP contribution in [0, 0.1) is 17.8 Å². The van der Waals surface area contributed by atoms with E-state index in [1.54, 1.807) is 20.8 Å². The fourth-order valence-electron chi connectivity index (χ4n) is 3.35. The first-order chi connectivity index (χ1) is 9.20. The molecule has 6 heteroatoms. The number of fused-ring (bicyclic) bond motifs is 1. The molecule has 1 amide bonds. The van der Waals surface area contributed by atoms with Crippen molar-refractivity contribution in [1.82, 2.24) is 4.90 Å². The molecule has 2 rings (SSSR count). The second-order valence-corrected chi connectivity index (χ2v) is 6.05. The standard InChI is InChI=1S/C14H21NO5/c1-5(2)12(17)8-6(3)10-9(7(4)16)13(18)15(10)11(8)14(19)20/h5-7,9-10,12,16-17H,1-4H3,(H,19,20)/t6-,7+,9+,10?,12+/m0/s1. The summed E-state index contributed by atoms with van der Waals surface area (Å²) in [5.74, 6) is -2.57. The Morgan fingerprint density at radius 2 is 1.80 bits per heavy atom. The third kappa shape index (κ3) is 1.86. The van der Waals surface area contributed by atoms with E-state index in [9.17, 15) is 24.9 Å². The van der Waals surface area contributed by atoms with E-state index in [0.717, 1.165) is 0 Å². The van der Waals surface area contributed by atoms with Crippen molar-refractivity contribution in [2.45, 2.75) is 45.9 Å². The summed E-state index contributed by atoms with van der Waals surface area (Å²) in [6.45, 7) is 6.93. The van der Waals surface area contributed by atoms with E-state index in [4.69, 9.17) is 0 Å². The largest absolute Gasteiger partial charge is 0.477 e. The topological polar surface area (TPSA) is 98.1 Å². The SMILES string of the molecule is CC(C)[C@@H](O)C1=C(C(=O)O)N2C(=O)[C@H]([C@@H](C)O)C2[C@H]1C. The number of hydrogen-bond acceptors (Lipinski definition) is 4. The molecule has 0 aromatic rings. The maximum Gasteiger partial charge on any atom is 0.352 e. The summed E-state index contributed by atoms with van der Waals surface area (Å²) < 4.78 is 0. The Morgan fingerprint density at radius 1 is 1.25 bits per heavy atom. The Hall–Kier alpha value is -1.40. The number of hydrogen-bond donors (Lipinski definition) is 3. The number of aliphatic hydroxyl groups excluding tert-OH is 2. The minimum Gasteiger partial charge on any atom is -0.477 e. The molecule has 1 saturated heterocycles. The van der Waals surface area contributed by atoms with E-state index < -0.39 is 24.1 Å². The highest BCUT2D eigenvalue weighted by Crippen LogP contribution is 2.48. The van der Waals surface area contributed by atoms with Crippen LogP contribution in [0.1, 0.15) is 27.7 Å². The van der Waals surface area contributed by atoms with Crippen LogP contribution in [0.2, 0.25) is 0 Å². The predicted octanol–water partition coefficient (Wildman–Crippen LogP) is 0.200. The number of amides is 1. The predicted molar refractivity (Wildman–Crippen MR) is 70.5 cm³/mol. The molecular formula is C14H21NO5. The Kier molecular flexibility index (Phi) is 3.64. The van der Waals surface area contributed by atoms with Crippen molar-refractivity contribution < 1.29 is 24.9 Å². The van der Waals surface area contributed by atoms with Crippen LogP contribution in [0.4, 0.5) is 0 Å². The van der Waals surface area contributed by atoms with Gasteiger partial charge in [0, 0.05) is 5.92 Å². The molecule has 112 valence electrons. The van der Waals surface area contributed by atoms with Crippen LogP contribution in [0.25, 0.3) is 0 Å². The lowest BCUT2D eigenvalue weighted by Gasteiger charge is -2.46. The average Bonchev–Trinajstić information content (AvgIpc) is 2.57. The zero-order chi connectivity index (χ0) is 15.4. The molecule has 3 N–H and O–H groups in total. The van der Waals surface area contributed by atoms with Crippen LogP contribution < -0.4 is 0 Å². The van der Waals surface area contributed by atoms with Crippen molar-refractivity contribution >= 4 is 11.9 Å². The van der Waals surface area contributed by atoms with Gasteiger partial charge in [-0.05, 0) is 18.4 Å². The van der Waals surface area contributed by atoms with E-state index in [-0.39, 0.29) is 29.5 Å². The van der Waals surface area contributed by atoms with Crippen LogP contribution in [0.3, 0.4) is 0 Å². The fraction of sp³-hybridized carbons (Fsp3) is 0.714. The van der Waals surface area contributed by atoms with Gasteiger partial charge in [0.2, 0.25) is 5.91 Å². The summed E-state index contributed by atoms with van der Waals surface area (Å²) in [6.07, 6.45) is -1.72. The van der Waals surface area contributed by atoms with Gasteiger partial charge in [-0.15, -0.1) is 0 Å². The fourth-order valence-corrected chi connectivity index (χ4v) is 3.35. The molecule has 2 heterocycles. The Labute approximate surface area is 117 Å². The Bertz CT molecular complexity index is 482. The van der Waals surface area contributed by atoms with Crippen molar-refractivity contribution in [1.29, 1.82) is 0 Å². The molecule has 0 radical (unpaired) electrons. The van der Waals surface area contributed by atoms with Gasteiger partial charge in [0.25, 0.3) is 0 Å². The third-order valence-electron chi connectivity index (χ3n) is 4.38. The molecule has 6 nitrogen and oxygen atoms in total. The van der Waals surface area contributed by atoms with Gasteiger partial charge < -0.3 is 20.2 Å². The number of aliphatic hydroxyl groups is 2. The van der Waals surface area contributed by atoms with Gasteiger partial charge in [-0.1, -0.05) is 20.8 Å². The van der Waals surface area contributed by atoms with Gasteiger partial charge in [0.15, 0.2) is 0 Å². The summed E-state index contributed by atoms with van der Waals surface area (Å²) >= 11 is 0. The van der Waals surface area contributed by atoms with Crippen molar-refractivity contribution in [2.75, 3.05) is 0 Å². The van der Waals surface area contributed by atoms with Gasteiger partial charge in [-0.3, -0.25) is 4.79 Å². The molecule has 0 saturated carbocycles. The number of β-lactam (4-membered cyclic amide) rings is 1. The molecule has 0 bridgehead atoms. The number of rotatable bonds is 4. The quantitative estimate of drug-likeness (QED) is 0.640.